The number of nitrogens with zero attached hydrogens (tertiary/aromatic N) is 1. The maximum atomic E-state index is 11.9. The lowest BCUT2D eigenvalue weighted by atomic mass is 10.1. The highest BCUT2D eigenvalue weighted by Gasteiger charge is 2.24. The first-order valence-electron chi connectivity index (χ1n) is 8.18. The number of methoxy groups -OCH3 is 1. The number of amides is 2. The molecule has 1 fully saturated rings. The maximum Gasteiger partial charge on any atom is 0.315 e. The van der Waals surface area contributed by atoms with E-state index in [0.717, 1.165) is 35.8 Å². The summed E-state index contributed by atoms with van der Waals surface area (Å²) >= 11 is 1.65. The molecule has 1 aliphatic rings. The number of hydrogen-bond donors (Lipinski definition) is 2. The number of nitrogens with one attached hydrogen (secondary N) is 2. The molecule has 6 heteroatoms. The molecule has 0 aliphatic carbocycles. The Kier molecular flexibility index (Phi) is 5.59. The average molecular weight is 345 g/mol. The predicted octanol–water partition coefficient (Wildman–Crippen LogP) is 3.08. The summed E-state index contributed by atoms with van der Waals surface area (Å²) in [6, 6.07) is 12.0. The lowest BCUT2D eigenvalue weighted by Crippen LogP contribution is -2.38. The number of rotatable bonds is 6. The van der Waals surface area contributed by atoms with Gasteiger partial charge in [-0.3, -0.25) is 0 Å². The molecule has 0 spiro atoms. The van der Waals surface area contributed by atoms with Gasteiger partial charge in [0.05, 0.1) is 19.3 Å². The Hall–Kier alpha value is -2.21. The van der Waals surface area contributed by atoms with Crippen molar-refractivity contribution in [2.45, 2.75) is 13.0 Å². The molecule has 2 heterocycles. The van der Waals surface area contributed by atoms with Crippen LogP contribution >= 0.6 is 11.3 Å². The molecule has 2 aromatic rings. The Morgan fingerprint density at radius 1 is 1.29 bits per heavy atom. The molecule has 2 amide bonds. The van der Waals surface area contributed by atoms with E-state index in [1.54, 1.807) is 18.4 Å². The van der Waals surface area contributed by atoms with Crippen molar-refractivity contribution in [2.24, 2.45) is 5.92 Å². The van der Waals surface area contributed by atoms with E-state index >= 15 is 0 Å². The van der Waals surface area contributed by atoms with Gasteiger partial charge in [0.25, 0.3) is 0 Å². The Balaban J connectivity index is 1.43. The van der Waals surface area contributed by atoms with Crippen molar-refractivity contribution < 1.29 is 9.53 Å². The highest BCUT2D eigenvalue weighted by Crippen LogP contribution is 2.31. The zero-order valence-electron chi connectivity index (χ0n) is 13.8. The molecule has 3 rings (SSSR count). The van der Waals surface area contributed by atoms with Gasteiger partial charge in [-0.2, -0.15) is 0 Å². The second-order valence-corrected chi connectivity index (χ2v) is 6.95. The van der Waals surface area contributed by atoms with E-state index in [9.17, 15) is 4.79 Å². The second-order valence-electron chi connectivity index (χ2n) is 5.92. The summed E-state index contributed by atoms with van der Waals surface area (Å²) in [5.74, 6) is 1.36. The van der Waals surface area contributed by atoms with Crippen LogP contribution in [0.2, 0.25) is 0 Å². The fourth-order valence-electron chi connectivity index (χ4n) is 2.99. The van der Waals surface area contributed by atoms with Crippen LogP contribution in [0.25, 0.3) is 0 Å². The molecule has 0 radical (unpaired) electrons. The number of thiophene rings is 1. The van der Waals surface area contributed by atoms with Crippen LogP contribution in [0.3, 0.4) is 0 Å². The van der Waals surface area contributed by atoms with E-state index in [2.05, 4.69) is 21.6 Å². The maximum absolute atomic E-state index is 11.9. The summed E-state index contributed by atoms with van der Waals surface area (Å²) in [4.78, 5) is 15.4. The second kappa shape index (κ2) is 8.06. The van der Waals surface area contributed by atoms with Crippen molar-refractivity contribution in [1.29, 1.82) is 0 Å². The van der Waals surface area contributed by atoms with Gasteiger partial charge in [0, 0.05) is 24.5 Å². The normalized spacial score (nSPS) is 16.9. The monoisotopic (exact) mass is 345 g/mol. The molecule has 24 heavy (non-hydrogen) atoms. The van der Waals surface area contributed by atoms with E-state index in [0.29, 0.717) is 19.0 Å². The third kappa shape index (κ3) is 4.20. The minimum absolute atomic E-state index is 0.0980. The van der Waals surface area contributed by atoms with Gasteiger partial charge < -0.3 is 20.3 Å². The lowest BCUT2D eigenvalue weighted by molar-refractivity contribution is 0.239. The number of benzene rings is 1. The van der Waals surface area contributed by atoms with Crippen LogP contribution in [0.15, 0.2) is 41.8 Å². The average Bonchev–Trinajstić information content (AvgIpc) is 3.29. The number of ether oxygens (including phenoxy) is 1. The quantitative estimate of drug-likeness (QED) is 0.846. The van der Waals surface area contributed by atoms with E-state index in [1.165, 1.54) is 0 Å². The Bertz CT molecular complexity index is 660. The van der Waals surface area contributed by atoms with E-state index in [1.807, 2.05) is 35.7 Å². The molecule has 0 unspecified atom stereocenters. The van der Waals surface area contributed by atoms with Crippen molar-refractivity contribution in [3.05, 3.63) is 46.7 Å². The molecular formula is C18H23N3O2S. The first-order chi connectivity index (χ1) is 11.8. The van der Waals surface area contributed by atoms with Gasteiger partial charge in [-0.15, -0.1) is 11.3 Å². The van der Waals surface area contributed by atoms with Crippen LogP contribution in [-0.4, -0.2) is 32.8 Å². The molecule has 1 saturated heterocycles. The van der Waals surface area contributed by atoms with Gasteiger partial charge in [-0.25, -0.2) is 4.79 Å². The molecule has 2 N–H and O–H groups in total. The molecule has 1 aliphatic heterocycles. The van der Waals surface area contributed by atoms with Crippen molar-refractivity contribution in [3.8, 4) is 5.75 Å². The summed E-state index contributed by atoms with van der Waals surface area (Å²) in [5.41, 5.74) is 1.13. The van der Waals surface area contributed by atoms with Crippen molar-refractivity contribution in [1.82, 2.24) is 10.6 Å². The zero-order valence-corrected chi connectivity index (χ0v) is 14.6. The van der Waals surface area contributed by atoms with Crippen LogP contribution < -0.4 is 20.3 Å². The number of anilines is 1. The van der Waals surface area contributed by atoms with Crippen molar-refractivity contribution >= 4 is 23.1 Å². The third-order valence-corrected chi connectivity index (χ3v) is 5.14. The Labute approximate surface area is 146 Å². The van der Waals surface area contributed by atoms with Crippen LogP contribution in [-0.2, 0) is 6.54 Å². The molecule has 128 valence electrons. The molecule has 5 nitrogen and oxygen atoms in total. The van der Waals surface area contributed by atoms with E-state index in [-0.39, 0.29) is 6.03 Å². The van der Waals surface area contributed by atoms with Crippen molar-refractivity contribution in [3.63, 3.8) is 0 Å². The minimum Gasteiger partial charge on any atom is -0.495 e. The first kappa shape index (κ1) is 16.6. The minimum atomic E-state index is -0.0980. The summed E-state index contributed by atoms with van der Waals surface area (Å²) < 4.78 is 5.44. The Morgan fingerprint density at radius 2 is 2.17 bits per heavy atom. The highest BCUT2D eigenvalue weighted by molar-refractivity contribution is 7.09. The van der Waals surface area contributed by atoms with Gasteiger partial charge in [-0.05, 0) is 35.9 Å². The van der Waals surface area contributed by atoms with Gasteiger partial charge in [-0.1, -0.05) is 18.2 Å². The van der Waals surface area contributed by atoms with Crippen molar-refractivity contribution in [2.75, 3.05) is 31.6 Å². The summed E-state index contributed by atoms with van der Waals surface area (Å²) in [6.45, 7) is 3.21. The summed E-state index contributed by atoms with van der Waals surface area (Å²) in [5, 5.41) is 7.90. The van der Waals surface area contributed by atoms with Crippen LogP contribution in [0.4, 0.5) is 10.5 Å². The highest BCUT2D eigenvalue weighted by atomic mass is 32.1. The van der Waals surface area contributed by atoms with E-state index in [4.69, 9.17) is 4.74 Å². The fourth-order valence-corrected chi connectivity index (χ4v) is 3.63. The molecule has 1 aromatic heterocycles. The lowest BCUT2D eigenvalue weighted by Gasteiger charge is -2.21. The number of hydrogen-bond acceptors (Lipinski definition) is 4. The van der Waals surface area contributed by atoms with Gasteiger partial charge >= 0.3 is 6.03 Å². The SMILES string of the molecule is COc1ccccc1N1CC[C@@H](CNC(=O)NCc2cccs2)C1. The topological polar surface area (TPSA) is 53.6 Å². The standard InChI is InChI=1S/C18H23N3O2S/c1-23-17-7-3-2-6-16(17)21-9-8-14(13-21)11-19-18(22)20-12-15-5-4-10-24-15/h2-7,10,14H,8-9,11-13H2,1H3,(H2,19,20,22)/t14-/m0/s1. The summed E-state index contributed by atoms with van der Waals surface area (Å²) in [6.07, 6.45) is 1.07. The van der Waals surface area contributed by atoms with Crippen LogP contribution in [0.5, 0.6) is 5.75 Å². The van der Waals surface area contributed by atoms with Crippen LogP contribution in [0, 0.1) is 5.92 Å². The van der Waals surface area contributed by atoms with Gasteiger partial charge in [0.15, 0.2) is 0 Å². The smallest absolute Gasteiger partial charge is 0.315 e. The number of para-hydroxylation sites is 2. The Morgan fingerprint density at radius 3 is 2.96 bits per heavy atom. The third-order valence-electron chi connectivity index (χ3n) is 4.27. The molecule has 0 saturated carbocycles. The molecule has 1 atom stereocenters. The van der Waals surface area contributed by atoms with Gasteiger partial charge in [0.1, 0.15) is 5.75 Å². The number of carbonyl (C=O) groups excluding carboxylic acids is 1. The van der Waals surface area contributed by atoms with Gasteiger partial charge in [0.2, 0.25) is 0 Å². The number of carbonyl (C=O) groups is 1. The predicted molar refractivity (Wildman–Crippen MR) is 97.9 cm³/mol. The summed E-state index contributed by atoms with van der Waals surface area (Å²) in [7, 11) is 1.70. The number of urea groups is 1. The zero-order chi connectivity index (χ0) is 16.8. The van der Waals surface area contributed by atoms with Crippen LogP contribution in [0.1, 0.15) is 11.3 Å². The first-order valence-corrected chi connectivity index (χ1v) is 9.06. The van der Waals surface area contributed by atoms with E-state index < -0.39 is 0 Å². The molecule has 1 aromatic carbocycles. The molecular weight excluding hydrogens is 322 g/mol. The fraction of sp³-hybridized carbons (Fsp3) is 0.389. The largest absolute Gasteiger partial charge is 0.495 e. The molecule has 0 bridgehead atoms.